The molecule has 0 radical (unpaired) electrons. The van der Waals surface area contributed by atoms with Crippen LogP contribution in [0.1, 0.15) is 24.8 Å². The Morgan fingerprint density at radius 2 is 1.90 bits per heavy atom. The van der Waals surface area contributed by atoms with Gasteiger partial charge in [-0.1, -0.05) is 36.8 Å². The first-order valence-corrected chi connectivity index (χ1v) is 7.17. The van der Waals surface area contributed by atoms with Crippen molar-refractivity contribution >= 4 is 11.9 Å². The summed E-state index contributed by atoms with van der Waals surface area (Å²) in [6.45, 7) is 2.50. The number of hydrogen-bond donors (Lipinski definition) is 5. The molecule has 6 nitrogen and oxygen atoms in total. The van der Waals surface area contributed by atoms with Crippen molar-refractivity contribution in [3.63, 3.8) is 0 Å². The van der Waals surface area contributed by atoms with Gasteiger partial charge in [0.2, 0.25) is 0 Å². The van der Waals surface area contributed by atoms with E-state index in [9.17, 15) is 4.79 Å². The normalized spacial score (nSPS) is 15.2. The molecule has 1 fully saturated rings. The van der Waals surface area contributed by atoms with Gasteiger partial charge in [0, 0.05) is 6.42 Å². The van der Waals surface area contributed by atoms with Gasteiger partial charge in [-0.2, -0.15) is 0 Å². The summed E-state index contributed by atoms with van der Waals surface area (Å²) in [4.78, 5) is 10.8. The molecule has 0 aliphatic carbocycles. The van der Waals surface area contributed by atoms with Gasteiger partial charge in [-0.25, -0.2) is 4.79 Å². The molecule has 6 N–H and O–H groups in total. The van der Waals surface area contributed by atoms with Gasteiger partial charge < -0.3 is 21.5 Å². The maximum Gasteiger partial charge on any atom is 0.326 e. The highest BCUT2D eigenvalue weighted by Crippen LogP contribution is 2.03. The molecule has 0 unspecified atom stereocenters. The van der Waals surface area contributed by atoms with Crippen molar-refractivity contribution in [3.8, 4) is 0 Å². The van der Waals surface area contributed by atoms with E-state index in [1.807, 2.05) is 30.3 Å². The average molecular weight is 292 g/mol. The Kier molecular flexibility index (Phi) is 7.89. The van der Waals surface area contributed by atoms with Gasteiger partial charge >= 0.3 is 5.97 Å². The third-order valence-electron chi connectivity index (χ3n) is 3.12. The Hall–Kier alpha value is -2.08. The fraction of sp³-hybridized carbons (Fsp3) is 0.467. The van der Waals surface area contributed by atoms with E-state index < -0.39 is 12.0 Å². The van der Waals surface area contributed by atoms with Crippen LogP contribution in [-0.2, 0) is 11.2 Å². The molecule has 1 heterocycles. The van der Waals surface area contributed by atoms with E-state index in [-0.39, 0.29) is 5.96 Å². The molecule has 1 aliphatic rings. The first kappa shape index (κ1) is 17.0. The van der Waals surface area contributed by atoms with Crippen LogP contribution >= 0.6 is 0 Å². The third-order valence-corrected chi connectivity index (χ3v) is 3.12. The lowest BCUT2D eigenvalue weighted by Gasteiger charge is -2.13. The van der Waals surface area contributed by atoms with Crippen LogP contribution in [0.4, 0.5) is 0 Å². The number of piperidine rings is 1. The minimum atomic E-state index is -1.02. The molecule has 0 bridgehead atoms. The fourth-order valence-electron chi connectivity index (χ4n) is 2.04. The van der Waals surface area contributed by atoms with Crippen LogP contribution in [0.3, 0.4) is 0 Å². The second-order valence-electron chi connectivity index (χ2n) is 4.95. The van der Waals surface area contributed by atoms with E-state index in [2.05, 4.69) is 10.6 Å². The van der Waals surface area contributed by atoms with Gasteiger partial charge in [-0.3, -0.25) is 5.41 Å². The van der Waals surface area contributed by atoms with E-state index in [0.717, 1.165) is 5.56 Å². The lowest BCUT2D eigenvalue weighted by molar-refractivity contribution is -0.139. The molecule has 2 rings (SSSR count). The van der Waals surface area contributed by atoms with E-state index in [1.54, 1.807) is 0 Å². The van der Waals surface area contributed by atoms with Crippen molar-refractivity contribution in [3.05, 3.63) is 35.9 Å². The number of nitrogens with two attached hydrogens (primary N) is 1. The van der Waals surface area contributed by atoms with Crippen molar-refractivity contribution in [1.29, 1.82) is 5.41 Å². The SMILES string of the molecule is C1CCNCC1.N=C(N)N[C@@H](Cc1ccccc1)C(=O)O. The monoisotopic (exact) mass is 292 g/mol. The molecule has 6 heteroatoms. The molecule has 21 heavy (non-hydrogen) atoms. The molecule has 1 aromatic rings. The summed E-state index contributed by atoms with van der Waals surface area (Å²) < 4.78 is 0. The summed E-state index contributed by atoms with van der Waals surface area (Å²) in [5.41, 5.74) is 5.98. The predicted octanol–water partition coefficient (Wildman–Crippen LogP) is 0.925. The number of aliphatic carboxylic acids is 1. The molecule has 116 valence electrons. The molecule has 1 aromatic carbocycles. The number of carboxylic acid groups (broad SMARTS) is 1. The molecule has 0 aromatic heterocycles. The first-order chi connectivity index (χ1) is 10.1. The van der Waals surface area contributed by atoms with Crippen LogP contribution in [0.25, 0.3) is 0 Å². The minimum absolute atomic E-state index is 0.301. The predicted molar refractivity (Wildman–Crippen MR) is 83.3 cm³/mol. The second kappa shape index (κ2) is 9.77. The molecule has 1 aliphatic heterocycles. The van der Waals surface area contributed by atoms with Crippen molar-refractivity contribution in [2.75, 3.05) is 13.1 Å². The second-order valence-corrected chi connectivity index (χ2v) is 4.95. The van der Waals surface area contributed by atoms with Crippen molar-refractivity contribution in [1.82, 2.24) is 10.6 Å². The third kappa shape index (κ3) is 7.94. The lowest BCUT2D eigenvalue weighted by atomic mass is 10.1. The quantitative estimate of drug-likeness (QED) is 0.419. The largest absolute Gasteiger partial charge is 0.480 e. The van der Waals surface area contributed by atoms with Crippen molar-refractivity contribution < 1.29 is 9.90 Å². The van der Waals surface area contributed by atoms with E-state index in [1.165, 1.54) is 32.4 Å². The first-order valence-electron chi connectivity index (χ1n) is 7.17. The fourth-order valence-corrected chi connectivity index (χ4v) is 2.04. The molecule has 0 amide bonds. The smallest absolute Gasteiger partial charge is 0.326 e. The van der Waals surface area contributed by atoms with Crippen LogP contribution < -0.4 is 16.4 Å². The van der Waals surface area contributed by atoms with Crippen LogP contribution in [0.2, 0.25) is 0 Å². The number of hydrogen-bond acceptors (Lipinski definition) is 3. The van der Waals surface area contributed by atoms with Crippen LogP contribution in [-0.4, -0.2) is 36.2 Å². The number of carboxylic acids is 1. The van der Waals surface area contributed by atoms with Gasteiger partial charge in [0.15, 0.2) is 5.96 Å². The van der Waals surface area contributed by atoms with Crippen LogP contribution in [0, 0.1) is 5.41 Å². The van der Waals surface area contributed by atoms with Gasteiger partial charge in [0.1, 0.15) is 6.04 Å². The Morgan fingerprint density at radius 3 is 2.29 bits per heavy atom. The summed E-state index contributed by atoms with van der Waals surface area (Å²) >= 11 is 0. The molecule has 1 atom stereocenters. The zero-order chi connectivity index (χ0) is 15.5. The van der Waals surface area contributed by atoms with Gasteiger partial charge in [0.25, 0.3) is 0 Å². The summed E-state index contributed by atoms with van der Waals surface area (Å²) in [5, 5.41) is 21.5. The topological polar surface area (TPSA) is 111 Å². The molecule has 1 saturated heterocycles. The maximum atomic E-state index is 10.8. The summed E-state index contributed by atoms with van der Waals surface area (Å²) in [7, 11) is 0. The zero-order valence-corrected chi connectivity index (χ0v) is 12.1. The van der Waals surface area contributed by atoms with Crippen molar-refractivity contribution in [2.24, 2.45) is 5.73 Å². The van der Waals surface area contributed by atoms with Gasteiger partial charge in [0.05, 0.1) is 0 Å². The van der Waals surface area contributed by atoms with Crippen molar-refractivity contribution in [2.45, 2.75) is 31.7 Å². The van der Waals surface area contributed by atoms with E-state index in [4.69, 9.17) is 16.2 Å². The Labute approximate surface area is 125 Å². The maximum absolute atomic E-state index is 10.8. The van der Waals surface area contributed by atoms with Crippen LogP contribution in [0.5, 0.6) is 0 Å². The lowest BCUT2D eigenvalue weighted by Crippen LogP contribution is -2.45. The summed E-state index contributed by atoms with van der Waals surface area (Å²) in [6, 6.07) is 8.34. The number of guanidine groups is 1. The molecule has 0 spiro atoms. The van der Waals surface area contributed by atoms with E-state index >= 15 is 0 Å². The highest BCUT2D eigenvalue weighted by Gasteiger charge is 2.17. The van der Waals surface area contributed by atoms with Gasteiger partial charge in [-0.05, 0) is 31.5 Å². The minimum Gasteiger partial charge on any atom is -0.480 e. The average Bonchev–Trinajstić information content (AvgIpc) is 2.49. The van der Waals surface area contributed by atoms with E-state index in [0.29, 0.717) is 6.42 Å². The molecule has 0 saturated carbocycles. The van der Waals surface area contributed by atoms with Gasteiger partial charge in [-0.15, -0.1) is 0 Å². The zero-order valence-electron chi connectivity index (χ0n) is 12.1. The number of carbonyl (C=O) groups is 1. The molecular weight excluding hydrogens is 268 g/mol. The Morgan fingerprint density at radius 1 is 1.29 bits per heavy atom. The highest BCUT2D eigenvalue weighted by molar-refractivity contribution is 5.82. The summed E-state index contributed by atoms with van der Waals surface area (Å²) in [6.07, 6.45) is 4.52. The number of nitrogens with one attached hydrogen (secondary N) is 3. The van der Waals surface area contributed by atoms with Crippen LogP contribution in [0.15, 0.2) is 30.3 Å². The number of rotatable bonds is 4. The summed E-state index contributed by atoms with van der Waals surface area (Å²) in [5.74, 6) is -1.35. The Balaban J connectivity index is 0.000000304. The number of benzene rings is 1. The Bertz CT molecular complexity index is 421. The standard InChI is InChI=1S/C10H13N3O2.C5H11N/c11-10(12)13-8(9(14)15)6-7-4-2-1-3-5-7;1-2-4-6-5-3-1/h1-5,8H,6H2,(H,14,15)(H4,11,12,13);6H,1-5H2/t8-;/m0./s1. The highest BCUT2D eigenvalue weighted by atomic mass is 16.4. The molecular formula is C15H24N4O2.